The Bertz CT molecular complexity index is 1540. The van der Waals surface area contributed by atoms with Crippen molar-refractivity contribution >= 4 is 40.5 Å². The molecule has 2 aliphatic heterocycles. The highest BCUT2D eigenvalue weighted by Crippen LogP contribution is 2.40. The number of ether oxygens (including phenoxy) is 1. The maximum atomic E-state index is 13.2. The number of H-pyrrole nitrogens is 1. The molecule has 4 aromatic rings. The molecule has 2 aromatic carbocycles. The summed E-state index contributed by atoms with van der Waals surface area (Å²) >= 11 is 1.73. The number of carbonyl (C=O) groups excluding carboxylic acids is 2. The van der Waals surface area contributed by atoms with Gasteiger partial charge in [-0.2, -0.15) is 0 Å². The Morgan fingerprint density at radius 3 is 2.46 bits per heavy atom. The van der Waals surface area contributed by atoms with Gasteiger partial charge in [-0.15, -0.1) is 11.3 Å². The normalized spacial score (nSPS) is 16.2. The van der Waals surface area contributed by atoms with Gasteiger partial charge in [-0.05, 0) is 60.9 Å². The number of hydrogen-bond acceptors (Lipinski definition) is 4. The maximum absolute atomic E-state index is 13.2. The van der Waals surface area contributed by atoms with Crippen molar-refractivity contribution in [1.29, 1.82) is 0 Å². The number of aromatic amines is 1. The third-order valence-corrected chi connectivity index (χ3v) is 8.21. The number of rotatable bonds is 4. The number of hydrogen-bond donors (Lipinski definition) is 2. The smallest absolute Gasteiger partial charge is 0.256 e. The third kappa shape index (κ3) is 4.30. The quantitative estimate of drug-likeness (QED) is 0.332. The first-order valence-corrected chi connectivity index (χ1v) is 13.2. The molecule has 0 spiro atoms. The average molecular weight is 510 g/mol. The van der Waals surface area contributed by atoms with Gasteiger partial charge in [0, 0.05) is 45.5 Å². The van der Waals surface area contributed by atoms with Crippen LogP contribution in [0.1, 0.15) is 32.9 Å². The van der Waals surface area contributed by atoms with Gasteiger partial charge in [0.1, 0.15) is 0 Å². The van der Waals surface area contributed by atoms with Crippen LogP contribution in [0.2, 0.25) is 0 Å². The van der Waals surface area contributed by atoms with Gasteiger partial charge < -0.3 is 19.9 Å². The zero-order valence-electron chi connectivity index (χ0n) is 20.8. The van der Waals surface area contributed by atoms with E-state index in [1.54, 1.807) is 11.3 Å². The number of fused-ring (bicyclic) bond motifs is 1. The molecule has 2 amide bonds. The number of nitrogens with zero attached hydrogens (tertiary/aromatic N) is 1. The van der Waals surface area contributed by atoms with Gasteiger partial charge in [0.2, 0.25) is 0 Å². The Morgan fingerprint density at radius 1 is 0.973 bits per heavy atom. The summed E-state index contributed by atoms with van der Waals surface area (Å²) < 4.78 is 5.40. The van der Waals surface area contributed by atoms with E-state index in [-0.39, 0.29) is 11.8 Å². The monoisotopic (exact) mass is 509 g/mol. The van der Waals surface area contributed by atoms with E-state index in [0.717, 1.165) is 38.6 Å². The number of amides is 2. The lowest BCUT2D eigenvalue weighted by Crippen LogP contribution is -2.41. The van der Waals surface area contributed by atoms with Gasteiger partial charge >= 0.3 is 0 Å². The Kier molecular flexibility index (Phi) is 6.02. The molecule has 2 aromatic heterocycles. The summed E-state index contributed by atoms with van der Waals surface area (Å²) in [4.78, 5) is 33.7. The molecule has 6 nitrogen and oxygen atoms in total. The van der Waals surface area contributed by atoms with Gasteiger partial charge in [0.15, 0.2) is 0 Å². The van der Waals surface area contributed by atoms with Crippen LogP contribution in [0.5, 0.6) is 0 Å². The van der Waals surface area contributed by atoms with Crippen molar-refractivity contribution in [2.75, 3.05) is 31.6 Å². The topological polar surface area (TPSA) is 74.4 Å². The molecule has 0 radical (unpaired) electrons. The van der Waals surface area contributed by atoms with Gasteiger partial charge in [-0.25, -0.2) is 0 Å². The van der Waals surface area contributed by atoms with Crippen molar-refractivity contribution in [3.8, 4) is 20.9 Å². The van der Waals surface area contributed by atoms with Crippen LogP contribution in [0.4, 0.5) is 5.69 Å². The lowest BCUT2D eigenvalue weighted by molar-refractivity contribution is -0.110. The average Bonchev–Trinajstić information content (AvgIpc) is 3.61. The van der Waals surface area contributed by atoms with Crippen LogP contribution in [0, 0.1) is 13.8 Å². The SMILES string of the molecule is Cc1[nH]c(C=C2C(=O)Nc3ccc(-c4ccc(-c5ccccc5)s4)cc32)c(C)c1C(=O)N1CCOCC1. The fourth-order valence-electron chi connectivity index (χ4n) is 5.04. The molecule has 37 heavy (non-hydrogen) atoms. The first-order valence-electron chi connectivity index (χ1n) is 12.4. The van der Waals surface area contributed by atoms with E-state index >= 15 is 0 Å². The maximum Gasteiger partial charge on any atom is 0.256 e. The minimum absolute atomic E-state index is 0.00433. The molecule has 0 saturated carbocycles. The lowest BCUT2D eigenvalue weighted by atomic mass is 10.0. The zero-order valence-corrected chi connectivity index (χ0v) is 21.6. The van der Waals surface area contributed by atoms with E-state index in [4.69, 9.17) is 4.74 Å². The Balaban J connectivity index is 1.34. The highest BCUT2D eigenvalue weighted by atomic mass is 32.1. The number of aryl methyl sites for hydroxylation is 1. The molecule has 0 unspecified atom stereocenters. The van der Waals surface area contributed by atoms with Crippen LogP contribution < -0.4 is 5.32 Å². The molecular weight excluding hydrogens is 482 g/mol. The number of morpholine rings is 1. The van der Waals surface area contributed by atoms with Crippen molar-refractivity contribution in [1.82, 2.24) is 9.88 Å². The minimum atomic E-state index is -0.143. The molecule has 186 valence electrons. The number of benzene rings is 2. The van der Waals surface area contributed by atoms with Gasteiger partial charge in [-0.3, -0.25) is 9.59 Å². The summed E-state index contributed by atoms with van der Waals surface area (Å²) in [5.74, 6) is -0.138. The van der Waals surface area contributed by atoms with Crippen LogP contribution in [0.3, 0.4) is 0 Å². The third-order valence-electron chi connectivity index (χ3n) is 7.03. The summed E-state index contributed by atoms with van der Waals surface area (Å²) in [6.07, 6.45) is 1.87. The van der Waals surface area contributed by atoms with Crippen molar-refractivity contribution in [3.63, 3.8) is 0 Å². The number of aromatic nitrogens is 1. The molecule has 2 aliphatic rings. The number of nitrogens with one attached hydrogen (secondary N) is 2. The Labute approximate surface area is 219 Å². The van der Waals surface area contributed by atoms with Crippen molar-refractivity contribution < 1.29 is 14.3 Å². The van der Waals surface area contributed by atoms with E-state index in [9.17, 15) is 9.59 Å². The van der Waals surface area contributed by atoms with Crippen molar-refractivity contribution in [2.45, 2.75) is 13.8 Å². The van der Waals surface area contributed by atoms with E-state index in [1.807, 2.05) is 55.2 Å². The van der Waals surface area contributed by atoms with Crippen molar-refractivity contribution in [2.24, 2.45) is 0 Å². The van der Waals surface area contributed by atoms with Gasteiger partial charge in [-0.1, -0.05) is 36.4 Å². The molecule has 7 heteroatoms. The zero-order chi connectivity index (χ0) is 25.5. The molecule has 1 saturated heterocycles. The number of thiophene rings is 1. The highest BCUT2D eigenvalue weighted by molar-refractivity contribution is 7.18. The van der Waals surface area contributed by atoms with Crippen LogP contribution >= 0.6 is 11.3 Å². The van der Waals surface area contributed by atoms with E-state index < -0.39 is 0 Å². The molecule has 0 aliphatic carbocycles. The second-order valence-electron chi connectivity index (χ2n) is 9.37. The van der Waals surface area contributed by atoms with Crippen LogP contribution in [-0.4, -0.2) is 48.0 Å². The molecule has 0 bridgehead atoms. The fraction of sp³-hybridized carbons (Fsp3) is 0.200. The Morgan fingerprint density at radius 2 is 1.70 bits per heavy atom. The number of carbonyl (C=O) groups is 2. The summed E-state index contributed by atoms with van der Waals surface area (Å²) in [7, 11) is 0. The molecule has 4 heterocycles. The minimum Gasteiger partial charge on any atom is -0.378 e. The first kappa shape index (κ1) is 23.5. The second kappa shape index (κ2) is 9.50. The van der Waals surface area contributed by atoms with Gasteiger partial charge in [0.25, 0.3) is 11.8 Å². The van der Waals surface area contributed by atoms with E-state index in [0.29, 0.717) is 37.4 Å². The number of anilines is 1. The lowest BCUT2D eigenvalue weighted by Gasteiger charge is -2.27. The molecule has 2 N–H and O–H groups in total. The molecule has 0 atom stereocenters. The second-order valence-corrected chi connectivity index (χ2v) is 10.5. The summed E-state index contributed by atoms with van der Waals surface area (Å²) in [5.41, 5.74) is 7.62. The van der Waals surface area contributed by atoms with Crippen LogP contribution in [-0.2, 0) is 9.53 Å². The largest absolute Gasteiger partial charge is 0.378 e. The predicted molar refractivity (Wildman–Crippen MR) is 149 cm³/mol. The van der Waals surface area contributed by atoms with E-state index in [2.05, 4.69) is 40.6 Å². The standard InChI is InChI=1S/C30H27N3O3S/c1-18-25(31-19(2)28(18)30(35)33-12-14-36-15-13-33)17-23-22-16-21(8-9-24(22)32-29(23)34)27-11-10-26(37-27)20-6-4-3-5-7-20/h3-11,16-17,31H,12-15H2,1-2H3,(H,32,34). The summed E-state index contributed by atoms with van der Waals surface area (Å²) in [6.45, 7) is 6.14. The summed E-state index contributed by atoms with van der Waals surface area (Å²) in [6, 6.07) is 20.7. The molecule has 6 rings (SSSR count). The molecule has 1 fully saturated rings. The fourth-order valence-corrected chi connectivity index (χ4v) is 6.05. The molecular formula is C30H27N3O3S. The Hall–Kier alpha value is -3.94. The first-order chi connectivity index (χ1) is 18.0. The summed E-state index contributed by atoms with van der Waals surface area (Å²) in [5, 5.41) is 2.99. The van der Waals surface area contributed by atoms with Crippen LogP contribution in [0.25, 0.3) is 32.5 Å². The van der Waals surface area contributed by atoms with Crippen molar-refractivity contribution in [3.05, 3.63) is 88.7 Å². The highest BCUT2D eigenvalue weighted by Gasteiger charge is 2.28. The van der Waals surface area contributed by atoms with Crippen LogP contribution in [0.15, 0.2) is 60.7 Å². The van der Waals surface area contributed by atoms with E-state index in [1.165, 1.54) is 10.4 Å². The predicted octanol–water partition coefficient (Wildman–Crippen LogP) is 5.99. The van der Waals surface area contributed by atoms with Gasteiger partial charge in [0.05, 0.1) is 24.4 Å².